The van der Waals surface area contributed by atoms with Gasteiger partial charge in [-0.15, -0.1) is 0 Å². The van der Waals surface area contributed by atoms with Crippen LogP contribution in [-0.2, 0) is 13.5 Å². The Hall–Kier alpha value is -0.540. The van der Waals surface area contributed by atoms with Crippen LogP contribution in [0, 0.1) is 18.8 Å². The highest BCUT2D eigenvalue weighted by atomic mass is 35.5. The molecule has 1 saturated carbocycles. The molecule has 0 bridgehead atoms. The molecule has 0 saturated heterocycles. The van der Waals surface area contributed by atoms with Crippen LogP contribution in [0.15, 0.2) is 0 Å². The predicted octanol–water partition coefficient (Wildman–Crippen LogP) is 2.30. The zero-order valence-electron chi connectivity index (χ0n) is 10.0. The summed E-state index contributed by atoms with van der Waals surface area (Å²) in [6, 6.07) is 0. The molecule has 1 aromatic heterocycles. The maximum absolute atomic E-state index is 6.27. The molecule has 2 rings (SSSR count). The van der Waals surface area contributed by atoms with Gasteiger partial charge in [0, 0.05) is 7.05 Å². The summed E-state index contributed by atoms with van der Waals surface area (Å²) < 4.78 is 1.92. The lowest BCUT2D eigenvalue weighted by molar-refractivity contribution is 0.386. The highest BCUT2D eigenvalue weighted by Crippen LogP contribution is 2.35. The molecular formula is C12H20ClN3. The van der Waals surface area contributed by atoms with Crippen molar-refractivity contribution in [3.63, 3.8) is 0 Å². The van der Waals surface area contributed by atoms with Gasteiger partial charge in [-0.1, -0.05) is 18.0 Å². The molecule has 0 amide bonds. The van der Waals surface area contributed by atoms with Crippen molar-refractivity contribution in [1.29, 1.82) is 0 Å². The Bertz CT molecular complexity index is 373. The van der Waals surface area contributed by atoms with Crippen LogP contribution in [0.5, 0.6) is 0 Å². The second-order valence-corrected chi connectivity index (χ2v) is 5.24. The van der Waals surface area contributed by atoms with Crippen LogP contribution in [0.4, 0.5) is 0 Å². The highest BCUT2D eigenvalue weighted by Gasteiger charge is 2.28. The fraction of sp³-hybridized carbons (Fsp3) is 0.750. The first-order chi connectivity index (χ1) is 7.63. The quantitative estimate of drug-likeness (QED) is 0.883. The van der Waals surface area contributed by atoms with Crippen molar-refractivity contribution in [2.45, 2.75) is 32.6 Å². The van der Waals surface area contributed by atoms with Gasteiger partial charge in [-0.2, -0.15) is 5.10 Å². The van der Waals surface area contributed by atoms with E-state index in [-0.39, 0.29) is 0 Å². The first kappa shape index (κ1) is 11.9. The molecule has 16 heavy (non-hydrogen) atoms. The van der Waals surface area contributed by atoms with Crippen molar-refractivity contribution in [3.05, 3.63) is 16.4 Å². The zero-order chi connectivity index (χ0) is 11.7. The number of aromatic nitrogens is 2. The van der Waals surface area contributed by atoms with Crippen LogP contribution in [-0.4, -0.2) is 16.3 Å². The summed E-state index contributed by atoms with van der Waals surface area (Å²) in [5, 5.41) is 5.20. The van der Waals surface area contributed by atoms with Gasteiger partial charge in [-0.3, -0.25) is 4.68 Å². The Balaban J connectivity index is 2.14. The van der Waals surface area contributed by atoms with E-state index in [9.17, 15) is 0 Å². The van der Waals surface area contributed by atoms with Gasteiger partial charge in [-0.05, 0) is 44.6 Å². The molecule has 1 fully saturated rings. The SMILES string of the molecule is Cc1nn(C)c(CC2CCCC2CN)c1Cl. The minimum atomic E-state index is 0.672. The standard InChI is InChI=1S/C12H20ClN3/c1-8-12(13)11(16(2)15-8)6-9-4-3-5-10(9)7-14/h9-10H,3-7,14H2,1-2H3. The largest absolute Gasteiger partial charge is 0.330 e. The topological polar surface area (TPSA) is 43.8 Å². The van der Waals surface area contributed by atoms with Crippen LogP contribution >= 0.6 is 11.6 Å². The summed E-state index contributed by atoms with van der Waals surface area (Å²) in [7, 11) is 1.97. The number of nitrogens with zero attached hydrogens (tertiary/aromatic N) is 2. The van der Waals surface area contributed by atoms with Crippen LogP contribution in [0.2, 0.25) is 5.02 Å². The lowest BCUT2D eigenvalue weighted by Crippen LogP contribution is -2.21. The summed E-state index contributed by atoms with van der Waals surface area (Å²) >= 11 is 6.27. The lowest BCUT2D eigenvalue weighted by atomic mass is 9.91. The van der Waals surface area contributed by atoms with Crippen LogP contribution < -0.4 is 5.73 Å². The van der Waals surface area contributed by atoms with E-state index in [4.69, 9.17) is 17.3 Å². The van der Waals surface area contributed by atoms with E-state index in [1.807, 2.05) is 18.7 Å². The molecule has 1 aromatic rings. The molecule has 90 valence electrons. The average Bonchev–Trinajstić information content (AvgIpc) is 2.79. The molecule has 2 N–H and O–H groups in total. The fourth-order valence-corrected chi connectivity index (χ4v) is 3.08. The minimum absolute atomic E-state index is 0.672. The van der Waals surface area contributed by atoms with Crippen molar-refractivity contribution in [2.75, 3.05) is 6.54 Å². The average molecular weight is 242 g/mol. The van der Waals surface area contributed by atoms with Crippen molar-refractivity contribution in [3.8, 4) is 0 Å². The van der Waals surface area contributed by atoms with Gasteiger partial charge in [0.1, 0.15) is 0 Å². The van der Waals surface area contributed by atoms with E-state index >= 15 is 0 Å². The Morgan fingerprint density at radius 3 is 2.69 bits per heavy atom. The molecule has 4 heteroatoms. The normalized spacial score (nSPS) is 25.2. The first-order valence-corrected chi connectivity index (χ1v) is 6.39. The van der Waals surface area contributed by atoms with Crippen molar-refractivity contribution < 1.29 is 0 Å². The molecule has 0 aliphatic heterocycles. The molecule has 1 aliphatic rings. The van der Waals surface area contributed by atoms with Gasteiger partial charge < -0.3 is 5.73 Å². The number of rotatable bonds is 3. The number of hydrogen-bond donors (Lipinski definition) is 1. The third-order valence-corrected chi connectivity index (χ3v) is 4.33. The summed E-state index contributed by atoms with van der Waals surface area (Å²) in [4.78, 5) is 0. The maximum Gasteiger partial charge on any atom is 0.0847 e. The van der Waals surface area contributed by atoms with Crippen molar-refractivity contribution >= 4 is 11.6 Å². The van der Waals surface area contributed by atoms with Crippen molar-refractivity contribution in [2.24, 2.45) is 24.6 Å². The Labute approximate surface area is 102 Å². The Kier molecular flexibility index (Phi) is 3.55. The number of aryl methyl sites for hydroxylation is 2. The molecule has 0 spiro atoms. The second-order valence-electron chi connectivity index (χ2n) is 4.86. The van der Waals surface area contributed by atoms with E-state index in [1.165, 1.54) is 25.0 Å². The second kappa shape index (κ2) is 4.76. The highest BCUT2D eigenvalue weighted by molar-refractivity contribution is 6.31. The predicted molar refractivity (Wildman–Crippen MR) is 66.5 cm³/mol. The Morgan fingerprint density at radius 1 is 1.44 bits per heavy atom. The van der Waals surface area contributed by atoms with E-state index < -0.39 is 0 Å². The molecular weight excluding hydrogens is 222 g/mol. The van der Waals surface area contributed by atoms with E-state index in [0.29, 0.717) is 11.8 Å². The van der Waals surface area contributed by atoms with Gasteiger partial charge in [0.15, 0.2) is 0 Å². The fourth-order valence-electron chi connectivity index (χ4n) is 2.84. The summed E-state index contributed by atoms with van der Waals surface area (Å²) in [6.07, 6.45) is 4.89. The number of hydrogen-bond acceptors (Lipinski definition) is 2. The zero-order valence-corrected chi connectivity index (χ0v) is 10.8. The van der Waals surface area contributed by atoms with Crippen LogP contribution in [0.3, 0.4) is 0 Å². The Morgan fingerprint density at radius 2 is 2.12 bits per heavy atom. The van der Waals surface area contributed by atoms with E-state index in [2.05, 4.69) is 5.10 Å². The molecule has 2 unspecified atom stereocenters. The molecule has 1 aliphatic carbocycles. The van der Waals surface area contributed by atoms with E-state index in [0.717, 1.165) is 23.7 Å². The smallest absolute Gasteiger partial charge is 0.0847 e. The summed E-state index contributed by atoms with van der Waals surface area (Å²) in [5.74, 6) is 1.36. The summed E-state index contributed by atoms with van der Waals surface area (Å²) in [5.41, 5.74) is 7.91. The van der Waals surface area contributed by atoms with Crippen LogP contribution in [0.1, 0.15) is 30.7 Å². The molecule has 0 aromatic carbocycles. The van der Waals surface area contributed by atoms with E-state index in [1.54, 1.807) is 0 Å². The number of halogens is 1. The van der Waals surface area contributed by atoms with Gasteiger partial charge in [0.2, 0.25) is 0 Å². The minimum Gasteiger partial charge on any atom is -0.330 e. The van der Waals surface area contributed by atoms with Gasteiger partial charge in [-0.25, -0.2) is 0 Å². The monoisotopic (exact) mass is 241 g/mol. The first-order valence-electron chi connectivity index (χ1n) is 6.01. The molecule has 1 heterocycles. The van der Waals surface area contributed by atoms with Gasteiger partial charge >= 0.3 is 0 Å². The van der Waals surface area contributed by atoms with Gasteiger partial charge in [0.25, 0.3) is 0 Å². The van der Waals surface area contributed by atoms with Crippen LogP contribution in [0.25, 0.3) is 0 Å². The maximum atomic E-state index is 6.27. The van der Waals surface area contributed by atoms with Crippen molar-refractivity contribution in [1.82, 2.24) is 9.78 Å². The van der Waals surface area contributed by atoms with Gasteiger partial charge in [0.05, 0.1) is 16.4 Å². The summed E-state index contributed by atoms with van der Waals surface area (Å²) in [6.45, 7) is 2.76. The molecule has 2 atom stereocenters. The third kappa shape index (κ3) is 2.11. The molecule has 3 nitrogen and oxygen atoms in total. The lowest BCUT2D eigenvalue weighted by Gasteiger charge is -2.17. The number of nitrogens with two attached hydrogens (primary N) is 1. The third-order valence-electron chi connectivity index (χ3n) is 3.84. The molecule has 0 radical (unpaired) electrons.